The van der Waals surface area contributed by atoms with Crippen LogP contribution in [0.15, 0.2) is 32.0 Å². The van der Waals surface area contributed by atoms with Gasteiger partial charge in [0, 0.05) is 8.95 Å². The van der Waals surface area contributed by atoms with Crippen molar-refractivity contribution in [3.05, 3.63) is 27.1 Å². The highest BCUT2D eigenvalue weighted by Crippen LogP contribution is 2.32. The molecule has 0 atom stereocenters. The second-order valence-corrected chi connectivity index (χ2v) is 7.94. The Morgan fingerprint density at radius 1 is 1.31 bits per heavy atom. The number of halogens is 2. The van der Waals surface area contributed by atoms with E-state index >= 15 is 0 Å². The minimum atomic E-state index is -3.68. The zero-order chi connectivity index (χ0) is 12.6. The van der Waals surface area contributed by atoms with Crippen molar-refractivity contribution < 1.29 is 8.42 Å². The van der Waals surface area contributed by atoms with Gasteiger partial charge in [0.25, 0.3) is 0 Å². The van der Waals surface area contributed by atoms with Gasteiger partial charge in [-0.15, -0.1) is 0 Å². The number of hydrogen-bond donors (Lipinski definition) is 0. The molecule has 86 valence electrons. The van der Waals surface area contributed by atoms with E-state index in [-0.39, 0.29) is 4.90 Å². The predicted molar refractivity (Wildman–Crippen MR) is 68.7 cm³/mol. The molecule has 0 saturated heterocycles. The minimum absolute atomic E-state index is 0.119. The maximum atomic E-state index is 12.2. The standard InChI is InChI=1S/C10H9Br2NO2S/c1-10(2,6-13)16(14,15)9-5-7(11)3-4-8(9)12/h3-5H,1-2H3. The lowest BCUT2D eigenvalue weighted by Gasteiger charge is -2.17. The van der Waals surface area contributed by atoms with Crippen molar-refractivity contribution in [3.63, 3.8) is 0 Å². The first-order valence-corrected chi connectivity index (χ1v) is 7.40. The van der Waals surface area contributed by atoms with Crippen LogP contribution >= 0.6 is 31.9 Å². The molecule has 0 spiro atoms. The molecule has 1 rings (SSSR count). The third kappa shape index (κ3) is 2.31. The second kappa shape index (κ2) is 4.47. The van der Waals surface area contributed by atoms with E-state index in [1.54, 1.807) is 18.2 Å². The fourth-order valence-corrected chi connectivity index (χ4v) is 3.69. The molecule has 0 aromatic heterocycles. The molecule has 0 aliphatic heterocycles. The number of rotatable bonds is 2. The SMILES string of the molecule is CC(C)(C#N)S(=O)(=O)c1cc(Br)ccc1Br. The number of sulfone groups is 1. The zero-order valence-corrected chi connectivity index (χ0v) is 12.6. The van der Waals surface area contributed by atoms with Crippen LogP contribution in [0, 0.1) is 11.3 Å². The Morgan fingerprint density at radius 3 is 2.38 bits per heavy atom. The lowest BCUT2D eigenvalue weighted by Crippen LogP contribution is -2.30. The monoisotopic (exact) mass is 365 g/mol. The molecular formula is C10H9Br2NO2S. The van der Waals surface area contributed by atoms with Crippen molar-refractivity contribution in [3.8, 4) is 6.07 Å². The lowest BCUT2D eigenvalue weighted by atomic mass is 10.2. The molecule has 0 amide bonds. The van der Waals surface area contributed by atoms with Gasteiger partial charge in [0.1, 0.15) is 0 Å². The van der Waals surface area contributed by atoms with Crippen molar-refractivity contribution in [2.45, 2.75) is 23.5 Å². The first-order chi connectivity index (χ1) is 7.22. The van der Waals surface area contributed by atoms with Gasteiger partial charge in [0.2, 0.25) is 0 Å². The molecule has 1 aromatic carbocycles. The summed E-state index contributed by atoms with van der Waals surface area (Å²) in [6.07, 6.45) is 0. The molecule has 0 aliphatic rings. The van der Waals surface area contributed by atoms with Gasteiger partial charge < -0.3 is 0 Å². The van der Waals surface area contributed by atoms with Gasteiger partial charge in [-0.05, 0) is 48.0 Å². The Kier molecular flexibility index (Phi) is 3.83. The molecule has 0 unspecified atom stereocenters. The van der Waals surface area contributed by atoms with E-state index in [0.717, 1.165) is 0 Å². The maximum absolute atomic E-state index is 12.2. The summed E-state index contributed by atoms with van der Waals surface area (Å²) in [5.41, 5.74) is 0. The normalized spacial score (nSPS) is 12.2. The van der Waals surface area contributed by atoms with Crippen LogP contribution in [-0.4, -0.2) is 13.2 Å². The zero-order valence-electron chi connectivity index (χ0n) is 8.66. The lowest BCUT2D eigenvalue weighted by molar-refractivity contribution is 0.573. The number of benzene rings is 1. The number of hydrogen-bond acceptors (Lipinski definition) is 3. The molecule has 0 N–H and O–H groups in total. The van der Waals surface area contributed by atoms with E-state index in [9.17, 15) is 8.42 Å². The molecule has 0 fully saturated rings. The Bertz CT molecular complexity index is 559. The first-order valence-electron chi connectivity index (χ1n) is 4.33. The van der Waals surface area contributed by atoms with Gasteiger partial charge in [0.15, 0.2) is 14.6 Å². The molecule has 0 radical (unpaired) electrons. The van der Waals surface area contributed by atoms with Crippen molar-refractivity contribution in [1.82, 2.24) is 0 Å². The van der Waals surface area contributed by atoms with Gasteiger partial charge >= 0.3 is 0 Å². The Labute approximate surface area is 112 Å². The molecule has 6 heteroatoms. The quantitative estimate of drug-likeness (QED) is 0.806. The molecule has 0 saturated carbocycles. The molecule has 0 bridgehead atoms. The summed E-state index contributed by atoms with van der Waals surface area (Å²) in [7, 11) is -3.68. The van der Waals surface area contributed by atoms with Crippen LogP contribution in [0.3, 0.4) is 0 Å². The molecule has 1 aromatic rings. The van der Waals surface area contributed by atoms with Crippen LogP contribution in [0.4, 0.5) is 0 Å². The summed E-state index contributed by atoms with van der Waals surface area (Å²) in [6, 6.07) is 6.64. The van der Waals surface area contributed by atoms with Crippen molar-refractivity contribution in [1.29, 1.82) is 5.26 Å². The van der Waals surface area contributed by atoms with Gasteiger partial charge in [-0.1, -0.05) is 15.9 Å². The van der Waals surface area contributed by atoms with Crippen LogP contribution < -0.4 is 0 Å². The van der Waals surface area contributed by atoms with Crippen LogP contribution in [0.5, 0.6) is 0 Å². The number of nitrogens with zero attached hydrogens (tertiary/aromatic N) is 1. The van der Waals surface area contributed by atoms with Crippen molar-refractivity contribution in [2.24, 2.45) is 0 Å². The molecular weight excluding hydrogens is 358 g/mol. The van der Waals surface area contributed by atoms with Crippen LogP contribution in [0.2, 0.25) is 0 Å². The van der Waals surface area contributed by atoms with Crippen molar-refractivity contribution >= 4 is 41.7 Å². The Morgan fingerprint density at radius 2 is 1.88 bits per heavy atom. The Hall–Kier alpha value is -0.380. The summed E-state index contributed by atoms with van der Waals surface area (Å²) >= 11 is 6.39. The van der Waals surface area contributed by atoms with E-state index in [2.05, 4.69) is 31.9 Å². The summed E-state index contributed by atoms with van der Waals surface area (Å²) in [5, 5.41) is 8.89. The molecule has 0 heterocycles. The largest absolute Gasteiger partial charge is 0.222 e. The molecule has 3 nitrogen and oxygen atoms in total. The van der Waals surface area contributed by atoms with Crippen molar-refractivity contribution in [2.75, 3.05) is 0 Å². The molecule has 16 heavy (non-hydrogen) atoms. The highest BCUT2D eigenvalue weighted by atomic mass is 79.9. The second-order valence-electron chi connectivity index (χ2n) is 3.70. The first kappa shape index (κ1) is 13.7. The van der Waals surface area contributed by atoms with E-state index in [1.807, 2.05) is 0 Å². The maximum Gasteiger partial charge on any atom is 0.198 e. The molecule has 0 aliphatic carbocycles. The van der Waals surface area contributed by atoms with Gasteiger partial charge in [-0.2, -0.15) is 5.26 Å². The van der Waals surface area contributed by atoms with Gasteiger partial charge in [-0.3, -0.25) is 0 Å². The minimum Gasteiger partial charge on any atom is -0.222 e. The average Bonchev–Trinajstić information content (AvgIpc) is 2.21. The smallest absolute Gasteiger partial charge is 0.198 e. The predicted octanol–water partition coefficient (Wildman–Crippen LogP) is 3.29. The third-order valence-corrected chi connectivity index (χ3v) is 5.92. The topological polar surface area (TPSA) is 57.9 Å². The average molecular weight is 367 g/mol. The fourth-order valence-electron chi connectivity index (χ4n) is 1.02. The van der Waals surface area contributed by atoms with E-state index in [1.165, 1.54) is 19.9 Å². The van der Waals surface area contributed by atoms with Gasteiger partial charge in [0.05, 0.1) is 11.0 Å². The summed E-state index contributed by atoms with van der Waals surface area (Å²) in [6.45, 7) is 2.77. The van der Waals surface area contributed by atoms with Gasteiger partial charge in [-0.25, -0.2) is 8.42 Å². The number of nitriles is 1. The third-order valence-electron chi connectivity index (χ3n) is 2.12. The summed E-state index contributed by atoms with van der Waals surface area (Å²) in [4.78, 5) is 0.119. The summed E-state index contributed by atoms with van der Waals surface area (Å²) < 4.78 is 24.0. The van der Waals surface area contributed by atoms with E-state index < -0.39 is 14.6 Å². The summed E-state index contributed by atoms with van der Waals surface area (Å²) in [5.74, 6) is 0. The van der Waals surface area contributed by atoms with Crippen LogP contribution in [0.25, 0.3) is 0 Å². The highest BCUT2D eigenvalue weighted by molar-refractivity contribution is 9.11. The highest BCUT2D eigenvalue weighted by Gasteiger charge is 2.37. The fraction of sp³-hybridized carbons (Fsp3) is 0.300. The van der Waals surface area contributed by atoms with Crippen LogP contribution in [0.1, 0.15) is 13.8 Å². The van der Waals surface area contributed by atoms with E-state index in [4.69, 9.17) is 5.26 Å². The Balaban J connectivity index is 3.52. The van der Waals surface area contributed by atoms with E-state index in [0.29, 0.717) is 8.95 Å². The van der Waals surface area contributed by atoms with Crippen LogP contribution in [-0.2, 0) is 9.84 Å².